The summed E-state index contributed by atoms with van der Waals surface area (Å²) in [5.74, 6) is 0.943. The molecule has 0 bridgehead atoms. The largest absolute Gasteiger partial charge is 0.506 e. The van der Waals surface area contributed by atoms with E-state index in [4.69, 9.17) is 16.0 Å². The van der Waals surface area contributed by atoms with Crippen LogP contribution in [-0.2, 0) is 6.42 Å². The predicted molar refractivity (Wildman–Crippen MR) is 98.0 cm³/mol. The molecule has 1 aromatic heterocycles. The van der Waals surface area contributed by atoms with Crippen LogP contribution in [0.2, 0.25) is 5.02 Å². The van der Waals surface area contributed by atoms with Gasteiger partial charge in [-0.2, -0.15) is 0 Å². The van der Waals surface area contributed by atoms with Crippen molar-refractivity contribution in [1.82, 2.24) is 0 Å². The van der Waals surface area contributed by atoms with Gasteiger partial charge in [0.2, 0.25) is 0 Å². The van der Waals surface area contributed by atoms with Gasteiger partial charge < -0.3 is 9.52 Å². The molecule has 24 heavy (non-hydrogen) atoms. The van der Waals surface area contributed by atoms with Crippen molar-refractivity contribution in [3.05, 3.63) is 81.7 Å². The number of hydrogen-bond acceptors (Lipinski definition) is 4. The second-order valence-corrected chi connectivity index (χ2v) is 6.75. The van der Waals surface area contributed by atoms with Crippen molar-refractivity contribution in [2.75, 3.05) is 5.75 Å². The number of hydrogen-bond donors (Lipinski definition) is 1. The van der Waals surface area contributed by atoms with E-state index in [-0.39, 0.29) is 10.6 Å². The molecule has 0 unspecified atom stereocenters. The molecule has 0 aliphatic rings. The number of thioether (sulfide) groups is 1. The molecule has 0 amide bonds. The topological polar surface area (TPSA) is 50.4 Å². The number of aryl methyl sites for hydroxylation is 1. The van der Waals surface area contributed by atoms with Crippen LogP contribution in [0.1, 0.15) is 5.56 Å². The fourth-order valence-corrected chi connectivity index (χ4v) is 3.31. The Morgan fingerprint density at radius 3 is 2.42 bits per heavy atom. The maximum absolute atomic E-state index is 12.2. The van der Waals surface area contributed by atoms with Gasteiger partial charge in [-0.05, 0) is 36.2 Å². The van der Waals surface area contributed by atoms with E-state index in [1.165, 1.54) is 23.4 Å². The number of rotatable bonds is 5. The zero-order valence-electron chi connectivity index (χ0n) is 12.7. The highest BCUT2D eigenvalue weighted by Gasteiger charge is 2.13. The summed E-state index contributed by atoms with van der Waals surface area (Å²) in [6.45, 7) is 0. The van der Waals surface area contributed by atoms with Crippen LogP contribution < -0.4 is 5.63 Å². The van der Waals surface area contributed by atoms with Crippen LogP contribution in [0.5, 0.6) is 5.75 Å². The second kappa shape index (κ2) is 7.60. The first-order chi connectivity index (χ1) is 11.6. The molecule has 0 saturated heterocycles. The molecule has 2 aromatic carbocycles. The fraction of sp³-hybridized carbons (Fsp3) is 0.105. The summed E-state index contributed by atoms with van der Waals surface area (Å²) in [5, 5.41) is 10.8. The summed E-state index contributed by atoms with van der Waals surface area (Å²) < 4.78 is 5.34. The summed E-state index contributed by atoms with van der Waals surface area (Å²) in [4.78, 5) is 12.4. The van der Waals surface area contributed by atoms with E-state index in [0.29, 0.717) is 22.1 Å². The minimum absolute atomic E-state index is 0.0609. The van der Waals surface area contributed by atoms with Gasteiger partial charge in [0.25, 0.3) is 0 Å². The highest BCUT2D eigenvalue weighted by molar-refractivity contribution is 7.99. The monoisotopic (exact) mass is 358 g/mol. The molecule has 3 nitrogen and oxygen atoms in total. The van der Waals surface area contributed by atoms with Crippen molar-refractivity contribution in [2.24, 2.45) is 0 Å². The molecule has 0 saturated carbocycles. The Labute approximate surface area is 148 Å². The summed E-state index contributed by atoms with van der Waals surface area (Å²) in [5.41, 5.74) is 1.34. The van der Waals surface area contributed by atoms with Crippen molar-refractivity contribution in [3.8, 4) is 17.1 Å². The zero-order chi connectivity index (χ0) is 16.9. The quantitative estimate of drug-likeness (QED) is 0.652. The molecule has 0 aliphatic carbocycles. The SMILES string of the molecule is O=c1oc(-c2ccc(Cl)cc2)cc(O)c1SCCc1ccccc1. The van der Waals surface area contributed by atoms with Gasteiger partial charge in [-0.15, -0.1) is 11.8 Å². The number of benzene rings is 2. The fourth-order valence-electron chi connectivity index (χ4n) is 2.27. The maximum Gasteiger partial charge on any atom is 0.353 e. The molecule has 1 N–H and O–H groups in total. The molecule has 5 heteroatoms. The van der Waals surface area contributed by atoms with Crippen LogP contribution in [-0.4, -0.2) is 10.9 Å². The van der Waals surface area contributed by atoms with Gasteiger partial charge in [0.1, 0.15) is 16.4 Å². The van der Waals surface area contributed by atoms with Gasteiger partial charge in [-0.25, -0.2) is 4.79 Å². The Bertz CT molecular complexity index is 873. The molecule has 0 spiro atoms. The van der Waals surface area contributed by atoms with Crippen LogP contribution in [0.25, 0.3) is 11.3 Å². The van der Waals surface area contributed by atoms with E-state index in [2.05, 4.69) is 0 Å². The molecule has 0 aliphatic heterocycles. The Morgan fingerprint density at radius 2 is 1.75 bits per heavy atom. The third-order valence-corrected chi connectivity index (χ3v) is 4.82. The second-order valence-electron chi connectivity index (χ2n) is 5.20. The van der Waals surface area contributed by atoms with E-state index in [0.717, 1.165) is 6.42 Å². The van der Waals surface area contributed by atoms with Crippen molar-refractivity contribution < 1.29 is 9.52 Å². The van der Waals surface area contributed by atoms with Gasteiger partial charge in [0.05, 0.1) is 0 Å². The van der Waals surface area contributed by atoms with Crippen molar-refractivity contribution in [3.63, 3.8) is 0 Å². The van der Waals surface area contributed by atoms with Crippen LogP contribution in [0.15, 0.2) is 74.8 Å². The molecular weight excluding hydrogens is 344 g/mol. The van der Waals surface area contributed by atoms with Crippen LogP contribution in [0.3, 0.4) is 0 Å². The Morgan fingerprint density at radius 1 is 1.04 bits per heavy atom. The average molecular weight is 359 g/mol. The highest BCUT2D eigenvalue weighted by Crippen LogP contribution is 2.30. The van der Waals surface area contributed by atoms with Gasteiger partial charge in [0, 0.05) is 22.4 Å². The third kappa shape index (κ3) is 4.02. The van der Waals surface area contributed by atoms with Gasteiger partial charge in [-0.1, -0.05) is 41.9 Å². The molecule has 0 radical (unpaired) electrons. The first kappa shape index (κ1) is 16.7. The Kier molecular flexibility index (Phi) is 5.28. The smallest absolute Gasteiger partial charge is 0.353 e. The van der Waals surface area contributed by atoms with Crippen LogP contribution in [0.4, 0.5) is 0 Å². The Hall–Kier alpha value is -2.17. The van der Waals surface area contributed by atoms with Gasteiger partial charge in [0.15, 0.2) is 0 Å². The van der Waals surface area contributed by atoms with E-state index in [1.54, 1.807) is 24.3 Å². The lowest BCUT2D eigenvalue weighted by Gasteiger charge is -2.06. The van der Waals surface area contributed by atoms with E-state index in [9.17, 15) is 9.90 Å². The lowest BCUT2D eigenvalue weighted by molar-refractivity contribution is 0.430. The van der Waals surface area contributed by atoms with E-state index < -0.39 is 5.63 Å². The molecule has 1 heterocycles. The van der Waals surface area contributed by atoms with Crippen molar-refractivity contribution in [2.45, 2.75) is 11.3 Å². The molecule has 3 rings (SSSR count). The summed E-state index contributed by atoms with van der Waals surface area (Å²) in [7, 11) is 0. The minimum Gasteiger partial charge on any atom is -0.506 e. The lowest BCUT2D eigenvalue weighted by atomic mass is 10.1. The van der Waals surface area contributed by atoms with Crippen molar-refractivity contribution >= 4 is 23.4 Å². The van der Waals surface area contributed by atoms with E-state index >= 15 is 0 Å². The number of halogens is 1. The van der Waals surface area contributed by atoms with E-state index in [1.807, 2.05) is 30.3 Å². The zero-order valence-corrected chi connectivity index (χ0v) is 14.3. The Balaban J connectivity index is 1.75. The minimum atomic E-state index is -0.530. The normalized spacial score (nSPS) is 10.7. The average Bonchev–Trinajstić information content (AvgIpc) is 2.59. The molecule has 122 valence electrons. The highest BCUT2D eigenvalue weighted by atomic mass is 35.5. The third-order valence-electron chi connectivity index (χ3n) is 3.50. The van der Waals surface area contributed by atoms with Gasteiger partial charge in [-0.3, -0.25) is 0 Å². The number of aromatic hydroxyl groups is 1. The predicted octanol–water partition coefficient (Wildman–Crippen LogP) is 5.00. The first-order valence-corrected chi connectivity index (χ1v) is 8.79. The standard InChI is InChI=1S/C19H15ClO3S/c20-15-8-6-14(7-9-15)17-12-16(21)18(19(22)23-17)24-11-10-13-4-2-1-3-5-13/h1-9,12,21H,10-11H2. The molecular formula is C19H15ClO3S. The molecule has 3 aromatic rings. The summed E-state index contributed by atoms with van der Waals surface area (Å²) >= 11 is 7.15. The first-order valence-electron chi connectivity index (χ1n) is 7.43. The van der Waals surface area contributed by atoms with Crippen LogP contribution in [0, 0.1) is 0 Å². The molecule has 0 fully saturated rings. The molecule has 0 atom stereocenters. The maximum atomic E-state index is 12.2. The lowest BCUT2D eigenvalue weighted by Crippen LogP contribution is -2.04. The summed E-state index contributed by atoms with van der Waals surface area (Å²) in [6, 6.07) is 18.3. The van der Waals surface area contributed by atoms with Crippen LogP contribution >= 0.6 is 23.4 Å². The summed E-state index contributed by atoms with van der Waals surface area (Å²) in [6.07, 6.45) is 0.809. The van der Waals surface area contributed by atoms with Gasteiger partial charge >= 0.3 is 5.63 Å². The van der Waals surface area contributed by atoms with Crippen molar-refractivity contribution in [1.29, 1.82) is 0 Å².